The van der Waals surface area contributed by atoms with E-state index in [1.807, 2.05) is 18.2 Å². The second-order valence-corrected chi connectivity index (χ2v) is 6.12. The fraction of sp³-hybridized carbons (Fsp3) is 0.235. The van der Waals surface area contributed by atoms with Crippen molar-refractivity contribution < 1.29 is 4.79 Å². The normalized spacial score (nSPS) is 18.7. The third-order valence-electron chi connectivity index (χ3n) is 3.59. The van der Waals surface area contributed by atoms with Crippen molar-refractivity contribution >= 4 is 17.1 Å². The fourth-order valence-corrected chi connectivity index (χ4v) is 3.24. The summed E-state index contributed by atoms with van der Waals surface area (Å²) < 4.78 is 0. The quantitative estimate of drug-likeness (QED) is 0.923. The van der Waals surface area contributed by atoms with Crippen molar-refractivity contribution in [1.29, 1.82) is 0 Å². The van der Waals surface area contributed by atoms with Crippen molar-refractivity contribution in [3.8, 4) is 0 Å². The van der Waals surface area contributed by atoms with Crippen molar-refractivity contribution in [2.75, 3.05) is 0 Å². The minimum atomic E-state index is 0.221. The number of allylic oxidation sites excluding steroid dienone is 2. The van der Waals surface area contributed by atoms with E-state index in [0.29, 0.717) is 12.3 Å². The molecule has 1 heterocycles. The highest BCUT2D eigenvalue weighted by molar-refractivity contribution is 7.09. The number of thiophene rings is 1. The molecule has 0 aliphatic heterocycles. The lowest BCUT2D eigenvalue weighted by Gasteiger charge is -2.23. The molecule has 0 bridgehead atoms. The van der Waals surface area contributed by atoms with E-state index in [2.05, 4.69) is 35.0 Å². The Morgan fingerprint density at radius 1 is 1.10 bits per heavy atom. The Morgan fingerprint density at radius 2 is 1.95 bits per heavy atom. The number of hydrogen-bond acceptors (Lipinski definition) is 3. The minimum absolute atomic E-state index is 0.221. The molecule has 102 valence electrons. The first-order chi connectivity index (χ1) is 9.81. The molecule has 0 saturated heterocycles. The van der Waals surface area contributed by atoms with Crippen LogP contribution < -0.4 is 5.32 Å². The third-order valence-corrected chi connectivity index (χ3v) is 4.47. The first kappa shape index (κ1) is 13.1. The van der Waals surface area contributed by atoms with Gasteiger partial charge in [0.1, 0.15) is 0 Å². The van der Waals surface area contributed by atoms with Crippen molar-refractivity contribution in [3.63, 3.8) is 0 Å². The van der Waals surface area contributed by atoms with E-state index in [1.54, 1.807) is 17.4 Å². The zero-order valence-electron chi connectivity index (χ0n) is 11.2. The first-order valence-electron chi connectivity index (χ1n) is 6.86. The number of nitrogens with one attached hydrogen (secondary N) is 1. The van der Waals surface area contributed by atoms with Crippen LogP contribution in [0, 0.1) is 0 Å². The summed E-state index contributed by atoms with van der Waals surface area (Å²) in [5.74, 6) is 0.526. The zero-order valence-corrected chi connectivity index (χ0v) is 12.0. The Hall–Kier alpha value is -1.87. The van der Waals surface area contributed by atoms with E-state index in [9.17, 15) is 4.79 Å². The van der Waals surface area contributed by atoms with Gasteiger partial charge in [0.05, 0.1) is 0 Å². The van der Waals surface area contributed by atoms with Gasteiger partial charge in [-0.05, 0) is 29.3 Å². The standard InChI is InChI=1S/C17H17NOS/c19-16-10-14(13-5-2-1-3-6-13)9-15(11-16)18-12-17-7-4-8-20-17/h1-8,11,14,18H,9-10,12H2. The largest absolute Gasteiger partial charge is 0.383 e. The summed E-state index contributed by atoms with van der Waals surface area (Å²) in [5, 5.41) is 5.48. The van der Waals surface area contributed by atoms with Crippen LogP contribution in [-0.2, 0) is 11.3 Å². The van der Waals surface area contributed by atoms with Crippen molar-refractivity contribution in [2.24, 2.45) is 0 Å². The maximum absolute atomic E-state index is 11.9. The summed E-state index contributed by atoms with van der Waals surface area (Å²) in [7, 11) is 0. The molecule has 20 heavy (non-hydrogen) atoms. The van der Waals surface area contributed by atoms with Crippen LogP contribution in [0.2, 0.25) is 0 Å². The molecule has 0 amide bonds. The SMILES string of the molecule is O=C1C=C(NCc2cccs2)CC(c2ccccc2)C1. The molecule has 1 unspecified atom stereocenters. The van der Waals surface area contributed by atoms with E-state index < -0.39 is 0 Å². The number of hydrogen-bond donors (Lipinski definition) is 1. The Kier molecular flexibility index (Phi) is 3.97. The van der Waals surface area contributed by atoms with Crippen molar-refractivity contribution in [3.05, 3.63) is 70.1 Å². The highest BCUT2D eigenvalue weighted by Gasteiger charge is 2.21. The highest BCUT2D eigenvalue weighted by atomic mass is 32.1. The summed E-state index contributed by atoms with van der Waals surface area (Å²) in [5.41, 5.74) is 2.31. The number of carbonyl (C=O) groups is 1. The van der Waals surface area contributed by atoms with Gasteiger partial charge < -0.3 is 5.32 Å². The summed E-state index contributed by atoms with van der Waals surface area (Å²) in [6, 6.07) is 14.5. The molecule has 3 rings (SSSR count). The summed E-state index contributed by atoms with van der Waals surface area (Å²) >= 11 is 1.73. The number of benzene rings is 1. The van der Waals surface area contributed by atoms with Gasteiger partial charge >= 0.3 is 0 Å². The van der Waals surface area contributed by atoms with Crippen LogP contribution in [0.1, 0.15) is 29.2 Å². The summed E-state index contributed by atoms with van der Waals surface area (Å²) in [4.78, 5) is 13.2. The molecule has 3 heteroatoms. The molecule has 1 aromatic carbocycles. The molecule has 1 N–H and O–H groups in total. The number of ketones is 1. The Morgan fingerprint density at radius 3 is 2.70 bits per heavy atom. The molecule has 2 aromatic rings. The molecule has 0 saturated carbocycles. The van der Waals surface area contributed by atoms with Crippen LogP contribution in [0.25, 0.3) is 0 Å². The van der Waals surface area contributed by atoms with Crippen molar-refractivity contribution in [1.82, 2.24) is 5.32 Å². The maximum atomic E-state index is 11.9. The van der Waals surface area contributed by atoms with Crippen LogP contribution >= 0.6 is 11.3 Å². The highest BCUT2D eigenvalue weighted by Crippen LogP contribution is 2.30. The molecular weight excluding hydrogens is 266 g/mol. The average molecular weight is 283 g/mol. The van der Waals surface area contributed by atoms with Crippen LogP contribution in [0.4, 0.5) is 0 Å². The Balaban J connectivity index is 1.68. The predicted molar refractivity (Wildman–Crippen MR) is 82.7 cm³/mol. The molecule has 0 spiro atoms. The lowest BCUT2D eigenvalue weighted by Crippen LogP contribution is -2.21. The van der Waals surface area contributed by atoms with Gasteiger partial charge in [0.25, 0.3) is 0 Å². The fourth-order valence-electron chi connectivity index (χ4n) is 2.59. The lowest BCUT2D eigenvalue weighted by atomic mass is 9.85. The molecule has 0 radical (unpaired) electrons. The average Bonchev–Trinajstić information content (AvgIpc) is 2.99. The number of rotatable bonds is 4. The van der Waals surface area contributed by atoms with Gasteiger partial charge in [0, 0.05) is 29.6 Å². The summed E-state index contributed by atoms with van der Waals surface area (Å²) in [6.45, 7) is 0.804. The smallest absolute Gasteiger partial charge is 0.158 e. The van der Waals surface area contributed by atoms with Gasteiger partial charge in [-0.1, -0.05) is 36.4 Å². The van der Waals surface area contributed by atoms with Gasteiger partial charge in [-0.25, -0.2) is 0 Å². The van der Waals surface area contributed by atoms with E-state index >= 15 is 0 Å². The summed E-state index contributed by atoms with van der Waals surface area (Å²) in [6.07, 6.45) is 3.31. The second kappa shape index (κ2) is 6.06. The van der Waals surface area contributed by atoms with Gasteiger partial charge in [-0.15, -0.1) is 11.3 Å². The lowest BCUT2D eigenvalue weighted by molar-refractivity contribution is -0.115. The second-order valence-electron chi connectivity index (χ2n) is 5.08. The minimum Gasteiger partial charge on any atom is -0.383 e. The molecule has 2 nitrogen and oxygen atoms in total. The van der Waals surface area contributed by atoms with Gasteiger partial charge in [0.2, 0.25) is 0 Å². The monoisotopic (exact) mass is 283 g/mol. The van der Waals surface area contributed by atoms with Crippen LogP contribution in [-0.4, -0.2) is 5.78 Å². The molecule has 0 fully saturated rings. The van der Waals surface area contributed by atoms with Gasteiger partial charge in [0.15, 0.2) is 5.78 Å². The van der Waals surface area contributed by atoms with Gasteiger partial charge in [-0.3, -0.25) is 4.79 Å². The van der Waals surface area contributed by atoms with Gasteiger partial charge in [-0.2, -0.15) is 0 Å². The van der Waals surface area contributed by atoms with E-state index in [4.69, 9.17) is 0 Å². The molecule has 1 atom stereocenters. The molecule has 1 aliphatic rings. The number of carbonyl (C=O) groups excluding carboxylic acids is 1. The van der Waals surface area contributed by atoms with Crippen LogP contribution in [0.3, 0.4) is 0 Å². The van der Waals surface area contributed by atoms with E-state index in [-0.39, 0.29) is 5.78 Å². The predicted octanol–water partition coefficient (Wildman–Crippen LogP) is 3.87. The Bertz CT molecular complexity index is 601. The molecule has 1 aliphatic carbocycles. The Labute approximate surface area is 123 Å². The van der Waals surface area contributed by atoms with Crippen LogP contribution in [0.5, 0.6) is 0 Å². The van der Waals surface area contributed by atoms with Crippen molar-refractivity contribution in [2.45, 2.75) is 25.3 Å². The molecular formula is C17H17NOS. The van der Waals surface area contributed by atoms with E-state index in [0.717, 1.165) is 18.7 Å². The first-order valence-corrected chi connectivity index (χ1v) is 7.74. The third kappa shape index (κ3) is 3.17. The van der Waals surface area contributed by atoms with E-state index in [1.165, 1.54) is 10.4 Å². The zero-order chi connectivity index (χ0) is 13.8. The maximum Gasteiger partial charge on any atom is 0.158 e. The topological polar surface area (TPSA) is 29.1 Å². The molecule has 1 aromatic heterocycles. The van der Waals surface area contributed by atoms with Crippen LogP contribution in [0.15, 0.2) is 59.6 Å².